The fourth-order valence-electron chi connectivity index (χ4n) is 3.73. The molecule has 0 N–H and O–H groups in total. The number of para-hydroxylation sites is 1. The van der Waals surface area contributed by atoms with E-state index in [1.807, 2.05) is 54.3 Å². The van der Waals surface area contributed by atoms with Crippen molar-refractivity contribution in [2.24, 2.45) is 0 Å². The van der Waals surface area contributed by atoms with Gasteiger partial charge in [-0.3, -0.25) is 4.79 Å². The Hall–Kier alpha value is -3.15. The van der Waals surface area contributed by atoms with E-state index in [2.05, 4.69) is 17.1 Å². The number of carbonyl (C=O) groups excluding carboxylic acids is 1. The van der Waals surface area contributed by atoms with Crippen molar-refractivity contribution in [2.45, 2.75) is 32.6 Å². The first-order valence-electron chi connectivity index (χ1n) is 9.90. The van der Waals surface area contributed by atoms with E-state index in [0.29, 0.717) is 30.6 Å². The molecule has 0 spiro atoms. The fraction of sp³-hybridized carbons (Fsp3) is 0.348. The van der Waals surface area contributed by atoms with Crippen LogP contribution in [0.5, 0.6) is 5.75 Å². The minimum Gasteiger partial charge on any atom is -0.496 e. The molecule has 6 nitrogen and oxygen atoms in total. The molecule has 1 aromatic heterocycles. The molecule has 0 aliphatic carbocycles. The molecule has 150 valence electrons. The topological polar surface area (TPSA) is 68.5 Å². The maximum Gasteiger partial charge on any atom is 0.261 e. The Balaban J connectivity index is 1.43. The summed E-state index contributed by atoms with van der Waals surface area (Å²) in [5.41, 5.74) is 3.88. The molecule has 0 unspecified atom stereocenters. The van der Waals surface area contributed by atoms with Gasteiger partial charge in [0.1, 0.15) is 5.75 Å². The number of likely N-dealkylation sites (tertiary alicyclic amines) is 1. The Bertz CT molecular complexity index is 1020. The predicted molar refractivity (Wildman–Crippen MR) is 110 cm³/mol. The van der Waals surface area contributed by atoms with Crippen molar-refractivity contribution >= 4 is 5.91 Å². The smallest absolute Gasteiger partial charge is 0.261 e. The highest BCUT2D eigenvalue weighted by Gasteiger charge is 2.28. The number of hydrogen-bond acceptors (Lipinski definition) is 5. The first kappa shape index (κ1) is 19.2. The first-order valence-corrected chi connectivity index (χ1v) is 9.90. The molecular weight excluding hydrogens is 366 g/mol. The van der Waals surface area contributed by atoms with Gasteiger partial charge >= 0.3 is 0 Å². The second-order valence-electron chi connectivity index (χ2n) is 7.52. The number of methoxy groups -OCH3 is 1. The summed E-state index contributed by atoms with van der Waals surface area (Å²) in [6.45, 7) is 5.47. The molecule has 2 heterocycles. The lowest BCUT2D eigenvalue weighted by molar-refractivity contribution is 0.0710. The first-order chi connectivity index (χ1) is 14.1. The molecule has 3 aromatic rings. The quantitative estimate of drug-likeness (QED) is 0.660. The van der Waals surface area contributed by atoms with Crippen LogP contribution < -0.4 is 4.74 Å². The van der Waals surface area contributed by atoms with Gasteiger partial charge in [0.2, 0.25) is 0 Å². The molecular formula is C23H25N3O3. The minimum absolute atomic E-state index is 0.0920. The zero-order valence-corrected chi connectivity index (χ0v) is 17.0. The van der Waals surface area contributed by atoms with Crippen LogP contribution in [-0.4, -0.2) is 41.1 Å². The van der Waals surface area contributed by atoms with Crippen molar-refractivity contribution < 1.29 is 14.1 Å². The second-order valence-corrected chi connectivity index (χ2v) is 7.52. The van der Waals surface area contributed by atoms with Crippen molar-refractivity contribution in [3.63, 3.8) is 0 Å². The molecule has 0 atom stereocenters. The van der Waals surface area contributed by atoms with Gasteiger partial charge in [0.05, 0.1) is 12.7 Å². The SMILES string of the molecule is COc1ccccc1-c1nc(C2CCN(C(=O)c3ccc(C)c(C)c3)CC2)no1. The number of aryl methyl sites for hydroxylation is 2. The molecule has 29 heavy (non-hydrogen) atoms. The molecule has 1 aliphatic rings. The van der Waals surface area contributed by atoms with Gasteiger partial charge in [0.25, 0.3) is 11.8 Å². The van der Waals surface area contributed by atoms with Gasteiger partial charge in [0.15, 0.2) is 5.82 Å². The highest BCUT2D eigenvalue weighted by Crippen LogP contribution is 2.32. The lowest BCUT2D eigenvalue weighted by atomic mass is 9.95. The molecule has 0 radical (unpaired) electrons. The monoisotopic (exact) mass is 391 g/mol. The number of ether oxygens (including phenoxy) is 1. The summed E-state index contributed by atoms with van der Waals surface area (Å²) >= 11 is 0. The molecule has 1 aliphatic heterocycles. The number of piperidine rings is 1. The lowest BCUT2D eigenvalue weighted by Gasteiger charge is -2.30. The number of nitrogens with zero attached hydrogens (tertiary/aromatic N) is 3. The fourth-order valence-corrected chi connectivity index (χ4v) is 3.73. The van der Waals surface area contributed by atoms with Gasteiger partial charge in [-0.1, -0.05) is 23.4 Å². The maximum absolute atomic E-state index is 12.8. The summed E-state index contributed by atoms with van der Waals surface area (Å²) < 4.78 is 10.9. The summed E-state index contributed by atoms with van der Waals surface area (Å²) in [6, 6.07) is 13.5. The van der Waals surface area contributed by atoms with E-state index in [1.54, 1.807) is 7.11 Å². The summed E-state index contributed by atoms with van der Waals surface area (Å²) in [7, 11) is 1.62. The summed E-state index contributed by atoms with van der Waals surface area (Å²) in [5.74, 6) is 2.15. The van der Waals surface area contributed by atoms with Crippen molar-refractivity contribution in [3.8, 4) is 17.2 Å². The third-order valence-electron chi connectivity index (χ3n) is 5.68. The van der Waals surface area contributed by atoms with E-state index in [1.165, 1.54) is 5.56 Å². The van der Waals surface area contributed by atoms with Gasteiger partial charge in [-0.15, -0.1) is 0 Å². The second kappa shape index (κ2) is 8.07. The van der Waals surface area contributed by atoms with Gasteiger partial charge in [-0.25, -0.2) is 0 Å². The molecule has 1 saturated heterocycles. The van der Waals surface area contributed by atoms with E-state index in [-0.39, 0.29) is 11.8 Å². The van der Waals surface area contributed by atoms with Crippen LogP contribution in [0.25, 0.3) is 11.5 Å². The number of rotatable bonds is 4. The van der Waals surface area contributed by atoms with E-state index >= 15 is 0 Å². The van der Waals surface area contributed by atoms with Crippen molar-refractivity contribution in [3.05, 3.63) is 65.0 Å². The molecule has 0 saturated carbocycles. The summed E-state index contributed by atoms with van der Waals surface area (Å²) in [6.07, 6.45) is 1.64. The highest BCUT2D eigenvalue weighted by atomic mass is 16.5. The van der Waals surface area contributed by atoms with Crippen LogP contribution in [0.4, 0.5) is 0 Å². The molecule has 0 bridgehead atoms. The van der Waals surface area contributed by atoms with Crippen molar-refractivity contribution in [2.75, 3.05) is 20.2 Å². The van der Waals surface area contributed by atoms with E-state index < -0.39 is 0 Å². The predicted octanol–water partition coefficient (Wildman–Crippen LogP) is 4.38. The Morgan fingerprint density at radius 1 is 1.10 bits per heavy atom. The average molecular weight is 391 g/mol. The number of hydrogen-bond donors (Lipinski definition) is 0. The van der Waals surface area contributed by atoms with E-state index in [9.17, 15) is 4.79 Å². The number of benzene rings is 2. The minimum atomic E-state index is 0.0920. The van der Waals surface area contributed by atoms with E-state index in [0.717, 1.165) is 29.5 Å². The average Bonchev–Trinajstić information content (AvgIpc) is 3.25. The van der Waals surface area contributed by atoms with Gasteiger partial charge in [0, 0.05) is 24.6 Å². The van der Waals surface area contributed by atoms with Crippen molar-refractivity contribution in [1.29, 1.82) is 0 Å². The molecule has 4 rings (SSSR count). The van der Waals surface area contributed by atoms with Gasteiger partial charge in [-0.2, -0.15) is 4.98 Å². The lowest BCUT2D eigenvalue weighted by Crippen LogP contribution is -2.38. The number of aromatic nitrogens is 2. The van der Waals surface area contributed by atoms with Gasteiger partial charge in [-0.05, 0) is 62.1 Å². The molecule has 2 aromatic carbocycles. The molecule has 6 heteroatoms. The number of carbonyl (C=O) groups is 1. The van der Waals surface area contributed by atoms with Crippen molar-refractivity contribution in [1.82, 2.24) is 15.0 Å². The zero-order chi connectivity index (χ0) is 20.4. The van der Waals surface area contributed by atoms with Gasteiger partial charge < -0.3 is 14.2 Å². The van der Waals surface area contributed by atoms with E-state index in [4.69, 9.17) is 9.26 Å². The zero-order valence-electron chi connectivity index (χ0n) is 17.0. The highest BCUT2D eigenvalue weighted by molar-refractivity contribution is 5.94. The third-order valence-corrected chi connectivity index (χ3v) is 5.68. The maximum atomic E-state index is 12.8. The molecule has 1 fully saturated rings. The van der Waals surface area contributed by atoms with Crippen LogP contribution in [0, 0.1) is 13.8 Å². The largest absolute Gasteiger partial charge is 0.496 e. The standard InChI is InChI=1S/C23H25N3O3/c1-15-8-9-18(14-16(15)2)23(27)26-12-10-17(11-13-26)21-24-22(29-25-21)19-6-4-5-7-20(19)28-3/h4-9,14,17H,10-13H2,1-3H3. The van der Waals surface area contributed by atoms with Crippen LogP contribution in [0.1, 0.15) is 46.1 Å². The van der Waals surface area contributed by atoms with Crippen LogP contribution in [-0.2, 0) is 0 Å². The Kier molecular flexibility index (Phi) is 5.34. The van der Waals surface area contributed by atoms with Crippen LogP contribution in [0.15, 0.2) is 47.0 Å². The Morgan fingerprint density at radius 2 is 1.86 bits per heavy atom. The summed E-state index contributed by atoms with van der Waals surface area (Å²) in [5, 5.41) is 4.20. The molecule has 1 amide bonds. The Labute approximate surface area is 170 Å². The van der Waals surface area contributed by atoms with Crippen LogP contribution in [0.2, 0.25) is 0 Å². The van der Waals surface area contributed by atoms with Crippen LogP contribution >= 0.6 is 0 Å². The third kappa shape index (κ3) is 3.88. The normalized spacial score (nSPS) is 14.8. The number of amides is 1. The summed E-state index contributed by atoms with van der Waals surface area (Å²) in [4.78, 5) is 19.3. The Morgan fingerprint density at radius 3 is 2.59 bits per heavy atom. The van der Waals surface area contributed by atoms with Crippen LogP contribution in [0.3, 0.4) is 0 Å².